The van der Waals surface area contributed by atoms with E-state index in [0.717, 1.165) is 45.3 Å². The topological polar surface area (TPSA) is 61.4 Å². The van der Waals surface area contributed by atoms with Gasteiger partial charge in [0.05, 0.1) is 0 Å². The molecule has 2 aliphatic heterocycles. The molecular weight excluding hydrogens is 278 g/mol. The van der Waals surface area contributed by atoms with Gasteiger partial charge in [-0.05, 0) is 44.1 Å². The Kier molecular flexibility index (Phi) is 6.24. The summed E-state index contributed by atoms with van der Waals surface area (Å²) in [6, 6.07) is -0.127. The number of carbonyl (C=O) groups excluding carboxylic acids is 2. The number of amides is 2. The monoisotopic (exact) mass is 309 g/mol. The van der Waals surface area contributed by atoms with Crippen LogP contribution in [0.1, 0.15) is 52.9 Å². The average Bonchev–Trinajstić information content (AvgIpc) is 2.48. The third kappa shape index (κ3) is 4.45. The van der Waals surface area contributed by atoms with Gasteiger partial charge in [-0.3, -0.25) is 9.59 Å². The van der Waals surface area contributed by atoms with Crippen molar-refractivity contribution in [1.82, 2.24) is 15.5 Å². The molecule has 0 aromatic rings. The molecule has 2 rings (SSSR count). The maximum Gasteiger partial charge on any atom is 0.243 e. The van der Waals surface area contributed by atoms with Crippen molar-refractivity contribution in [3.63, 3.8) is 0 Å². The van der Waals surface area contributed by atoms with Gasteiger partial charge in [0.25, 0.3) is 0 Å². The van der Waals surface area contributed by atoms with Gasteiger partial charge in [-0.2, -0.15) is 0 Å². The van der Waals surface area contributed by atoms with E-state index in [1.807, 2.05) is 4.90 Å². The van der Waals surface area contributed by atoms with Gasteiger partial charge in [-0.25, -0.2) is 0 Å². The van der Waals surface area contributed by atoms with E-state index in [-0.39, 0.29) is 23.9 Å². The average molecular weight is 309 g/mol. The largest absolute Gasteiger partial charge is 0.350 e. The lowest BCUT2D eigenvalue weighted by atomic mass is 9.93. The van der Waals surface area contributed by atoms with Crippen LogP contribution in [-0.2, 0) is 9.59 Å². The zero-order valence-corrected chi connectivity index (χ0v) is 14.2. The first kappa shape index (κ1) is 17.3. The van der Waals surface area contributed by atoms with Crippen LogP contribution in [0.15, 0.2) is 0 Å². The van der Waals surface area contributed by atoms with Gasteiger partial charge in [0.1, 0.15) is 6.04 Å². The maximum absolute atomic E-state index is 12.8. The normalized spacial score (nSPS) is 27.8. The third-order valence-corrected chi connectivity index (χ3v) is 4.89. The van der Waals surface area contributed by atoms with Crippen molar-refractivity contribution >= 4 is 11.8 Å². The number of likely N-dealkylation sites (tertiary alicyclic amines) is 1. The molecule has 126 valence electrons. The summed E-state index contributed by atoms with van der Waals surface area (Å²) in [5, 5.41) is 6.54. The second-order valence-electron chi connectivity index (χ2n) is 7.27. The molecule has 2 N–H and O–H groups in total. The maximum atomic E-state index is 12.8. The van der Waals surface area contributed by atoms with E-state index in [1.165, 1.54) is 0 Å². The second-order valence-corrected chi connectivity index (χ2v) is 7.27. The fourth-order valence-corrected chi connectivity index (χ4v) is 3.44. The van der Waals surface area contributed by atoms with Crippen molar-refractivity contribution < 1.29 is 9.59 Å². The third-order valence-electron chi connectivity index (χ3n) is 4.89. The highest BCUT2D eigenvalue weighted by Crippen LogP contribution is 2.20. The molecule has 0 aromatic heterocycles. The lowest BCUT2D eigenvalue weighted by molar-refractivity contribution is -0.143. The van der Waals surface area contributed by atoms with Gasteiger partial charge in [0, 0.05) is 25.6 Å². The van der Waals surface area contributed by atoms with Crippen LogP contribution in [0, 0.1) is 11.8 Å². The van der Waals surface area contributed by atoms with Crippen LogP contribution in [0.3, 0.4) is 0 Å². The molecule has 22 heavy (non-hydrogen) atoms. The Labute approximate surface area is 134 Å². The fraction of sp³-hybridized carbons (Fsp3) is 0.882. The van der Waals surface area contributed by atoms with Gasteiger partial charge in [0.2, 0.25) is 11.8 Å². The number of nitrogens with one attached hydrogen (secondary N) is 2. The standard InChI is InChI=1S/C17H31N3O2/c1-12(2)10-15(20-9-5-4-6-16(20)21)17(22)19-14-11-18-8-7-13(14)3/h12-15,18H,4-11H2,1-3H3,(H,19,22). The van der Waals surface area contributed by atoms with E-state index < -0.39 is 0 Å². The van der Waals surface area contributed by atoms with E-state index in [9.17, 15) is 9.59 Å². The van der Waals surface area contributed by atoms with Gasteiger partial charge in [-0.1, -0.05) is 20.8 Å². The van der Waals surface area contributed by atoms with E-state index in [4.69, 9.17) is 0 Å². The summed E-state index contributed by atoms with van der Waals surface area (Å²) < 4.78 is 0. The summed E-state index contributed by atoms with van der Waals surface area (Å²) in [4.78, 5) is 26.8. The molecule has 0 aromatic carbocycles. The van der Waals surface area contributed by atoms with Gasteiger partial charge >= 0.3 is 0 Å². The Balaban J connectivity index is 2.03. The highest BCUT2D eigenvalue weighted by molar-refractivity contribution is 5.88. The van der Waals surface area contributed by atoms with Crippen LogP contribution in [0.5, 0.6) is 0 Å². The molecule has 2 saturated heterocycles. The molecule has 0 spiro atoms. The molecule has 5 nitrogen and oxygen atoms in total. The summed E-state index contributed by atoms with van der Waals surface area (Å²) in [7, 11) is 0. The lowest BCUT2D eigenvalue weighted by Crippen LogP contribution is -2.57. The minimum atomic E-state index is -0.304. The van der Waals surface area contributed by atoms with Crippen molar-refractivity contribution in [1.29, 1.82) is 0 Å². The molecule has 5 heteroatoms. The van der Waals surface area contributed by atoms with E-state index >= 15 is 0 Å². The van der Waals surface area contributed by atoms with Crippen LogP contribution in [0.25, 0.3) is 0 Å². The van der Waals surface area contributed by atoms with Crippen molar-refractivity contribution in [2.24, 2.45) is 11.8 Å². The predicted octanol–water partition coefficient (Wildman–Crippen LogP) is 1.53. The molecule has 2 amide bonds. The zero-order chi connectivity index (χ0) is 16.1. The summed E-state index contributed by atoms with van der Waals surface area (Å²) in [6.07, 6.45) is 4.38. The Morgan fingerprint density at radius 3 is 2.82 bits per heavy atom. The Hall–Kier alpha value is -1.10. The molecule has 2 heterocycles. The van der Waals surface area contributed by atoms with E-state index in [1.54, 1.807) is 0 Å². The first-order valence-electron chi connectivity index (χ1n) is 8.79. The quantitative estimate of drug-likeness (QED) is 0.809. The number of piperidine rings is 2. The van der Waals surface area contributed by atoms with Crippen molar-refractivity contribution in [3.8, 4) is 0 Å². The van der Waals surface area contributed by atoms with Crippen LogP contribution < -0.4 is 10.6 Å². The molecule has 2 fully saturated rings. The van der Waals surface area contributed by atoms with Crippen LogP contribution in [0.4, 0.5) is 0 Å². The number of nitrogens with zero attached hydrogens (tertiary/aromatic N) is 1. The van der Waals surface area contributed by atoms with Crippen molar-refractivity contribution in [2.75, 3.05) is 19.6 Å². The first-order chi connectivity index (χ1) is 10.5. The highest BCUT2D eigenvalue weighted by atomic mass is 16.2. The minimum absolute atomic E-state index is 0.0319. The molecule has 2 aliphatic rings. The second kappa shape index (κ2) is 7.95. The predicted molar refractivity (Wildman–Crippen MR) is 87.4 cm³/mol. The van der Waals surface area contributed by atoms with Crippen LogP contribution >= 0.6 is 0 Å². The molecule has 0 bridgehead atoms. The molecule has 0 saturated carbocycles. The molecule has 3 unspecified atom stereocenters. The first-order valence-corrected chi connectivity index (χ1v) is 8.79. The summed E-state index contributed by atoms with van der Waals surface area (Å²) in [5.41, 5.74) is 0. The number of hydrogen-bond acceptors (Lipinski definition) is 3. The van der Waals surface area contributed by atoms with Crippen LogP contribution in [-0.4, -0.2) is 48.4 Å². The zero-order valence-electron chi connectivity index (χ0n) is 14.2. The smallest absolute Gasteiger partial charge is 0.243 e. The number of hydrogen-bond donors (Lipinski definition) is 2. The van der Waals surface area contributed by atoms with Crippen LogP contribution in [0.2, 0.25) is 0 Å². The number of rotatable bonds is 5. The molecular formula is C17H31N3O2. The van der Waals surface area contributed by atoms with Gasteiger partial charge in [-0.15, -0.1) is 0 Å². The fourth-order valence-electron chi connectivity index (χ4n) is 3.44. The SMILES string of the molecule is CC(C)CC(C(=O)NC1CNCCC1C)N1CCCCC1=O. The Morgan fingerprint density at radius 2 is 2.18 bits per heavy atom. The molecule has 3 atom stereocenters. The van der Waals surface area contributed by atoms with Gasteiger partial charge in [0.15, 0.2) is 0 Å². The number of carbonyl (C=O) groups is 2. The lowest BCUT2D eigenvalue weighted by Gasteiger charge is -2.37. The summed E-state index contributed by atoms with van der Waals surface area (Å²) in [6.45, 7) is 8.99. The molecule has 0 aliphatic carbocycles. The summed E-state index contributed by atoms with van der Waals surface area (Å²) >= 11 is 0. The highest BCUT2D eigenvalue weighted by Gasteiger charge is 2.33. The van der Waals surface area contributed by atoms with Crippen molar-refractivity contribution in [3.05, 3.63) is 0 Å². The minimum Gasteiger partial charge on any atom is -0.350 e. The van der Waals surface area contributed by atoms with E-state index in [0.29, 0.717) is 18.3 Å². The Bertz CT molecular complexity index is 397. The van der Waals surface area contributed by atoms with Crippen molar-refractivity contribution in [2.45, 2.75) is 65.0 Å². The Morgan fingerprint density at radius 1 is 1.41 bits per heavy atom. The molecule has 0 radical (unpaired) electrons. The van der Waals surface area contributed by atoms with Gasteiger partial charge < -0.3 is 15.5 Å². The van der Waals surface area contributed by atoms with E-state index in [2.05, 4.69) is 31.4 Å². The summed E-state index contributed by atoms with van der Waals surface area (Å²) in [5.74, 6) is 1.06.